The molecule has 0 radical (unpaired) electrons. The van der Waals surface area contributed by atoms with Crippen LogP contribution >= 0.6 is 0 Å². The molecule has 0 aromatic heterocycles. The fourth-order valence-electron chi connectivity index (χ4n) is 2.66. The van der Waals surface area contributed by atoms with Gasteiger partial charge in [0.1, 0.15) is 6.54 Å². The molecule has 1 aliphatic rings. The second kappa shape index (κ2) is 7.34. The standard InChI is InChI=1S/C17H23F3N2O/c1-12-3-5-14(6-4-12)7-8-22(11-17(18,19)20)16(23)13(2)15-9-21-10-15/h3-6,13,15,21H,7-11H2,1-2H3. The molecule has 0 saturated carbocycles. The average Bonchev–Trinajstić information content (AvgIpc) is 2.41. The number of rotatable bonds is 6. The van der Waals surface area contributed by atoms with Crippen LogP contribution in [-0.4, -0.2) is 43.2 Å². The van der Waals surface area contributed by atoms with Gasteiger partial charge in [0.25, 0.3) is 0 Å². The number of carbonyl (C=O) groups is 1. The molecule has 2 rings (SSSR count). The number of hydrogen-bond donors (Lipinski definition) is 1. The van der Waals surface area contributed by atoms with E-state index in [4.69, 9.17) is 0 Å². The molecule has 23 heavy (non-hydrogen) atoms. The summed E-state index contributed by atoms with van der Waals surface area (Å²) in [7, 11) is 0. The molecule has 0 aliphatic carbocycles. The van der Waals surface area contributed by atoms with Crippen LogP contribution in [0.5, 0.6) is 0 Å². The predicted octanol–water partition coefficient (Wildman–Crippen LogP) is 2.78. The second-order valence-electron chi connectivity index (χ2n) is 6.32. The highest BCUT2D eigenvalue weighted by Crippen LogP contribution is 2.22. The molecule has 1 heterocycles. The first-order valence-corrected chi connectivity index (χ1v) is 7.88. The topological polar surface area (TPSA) is 32.3 Å². The molecule has 1 saturated heterocycles. The van der Waals surface area contributed by atoms with Gasteiger partial charge in [-0.15, -0.1) is 0 Å². The molecule has 1 unspecified atom stereocenters. The Balaban J connectivity index is 2.00. The second-order valence-corrected chi connectivity index (χ2v) is 6.32. The molecule has 1 aliphatic heterocycles. The Morgan fingerprint density at radius 3 is 2.39 bits per heavy atom. The van der Waals surface area contributed by atoms with Gasteiger partial charge >= 0.3 is 6.18 Å². The van der Waals surface area contributed by atoms with Gasteiger partial charge in [-0.3, -0.25) is 4.79 Å². The van der Waals surface area contributed by atoms with Crippen LogP contribution in [0.4, 0.5) is 13.2 Å². The highest BCUT2D eigenvalue weighted by atomic mass is 19.4. The van der Waals surface area contributed by atoms with Gasteiger partial charge in [0.2, 0.25) is 5.91 Å². The number of halogens is 3. The Bertz CT molecular complexity index is 524. The zero-order chi connectivity index (χ0) is 17.0. The van der Waals surface area contributed by atoms with Crippen LogP contribution in [-0.2, 0) is 11.2 Å². The van der Waals surface area contributed by atoms with Crippen molar-refractivity contribution in [3.05, 3.63) is 35.4 Å². The highest BCUT2D eigenvalue weighted by molar-refractivity contribution is 5.79. The lowest BCUT2D eigenvalue weighted by atomic mass is 9.88. The maximum absolute atomic E-state index is 12.8. The van der Waals surface area contributed by atoms with Gasteiger partial charge in [-0.25, -0.2) is 0 Å². The van der Waals surface area contributed by atoms with Crippen molar-refractivity contribution in [2.24, 2.45) is 11.8 Å². The summed E-state index contributed by atoms with van der Waals surface area (Å²) in [6.45, 7) is 3.99. The summed E-state index contributed by atoms with van der Waals surface area (Å²) in [6, 6.07) is 7.64. The van der Waals surface area contributed by atoms with Crippen LogP contribution in [0.25, 0.3) is 0 Å². The van der Waals surface area contributed by atoms with Crippen LogP contribution in [0.3, 0.4) is 0 Å². The number of nitrogens with zero attached hydrogens (tertiary/aromatic N) is 1. The number of nitrogens with one attached hydrogen (secondary N) is 1. The molecule has 1 N–H and O–H groups in total. The lowest BCUT2D eigenvalue weighted by Gasteiger charge is -2.35. The minimum absolute atomic E-state index is 0.0892. The molecule has 6 heteroatoms. The van der Waals surface area contributed by atoms with Gasteiger partial charge in [-0.2, -0.15) is 13.2 Å². The Morgan fingerprint density at radius 1 is 1.30 bits per heavy atom. The van der Waals surface area contributed by atoms with Crippen molar-refractivity contribution in [3.63, 3.8) is 0 Å². The van der Waals surface area contributed by atoms with Gasteiger partial charge in [0.05, 0.1) is 0 Å². The molecular weight excluding hydrogens is 305 g/mol. The average molecular weight is 328 g/mol. The third-order valence-electron chi connectivity index (χ3n) is 4.38. The molecule has 1 aromatic rings. The van der Waals surface area contributed by atoms with E-state index in [-0.39, 0.29) is 18.4 Å². The summed E-state index contributed by atoms with van der Waals surface area (Å²) in [5.74, 6) is -0.643. The van der Waals surface area contributed by atoms with E-state index >= 15 is 0 Å². The summed E-state index contributed by atoms with van der Waals surface area (Å²) in [5.41, 5.74) is 2.04. The van der Waals surface area contributed by atoms with Gasteiger partial charge in [-0.1, -0.05) is 36.8 Å². The van der Waals surface area contributed by atoms with Crippen molar-refractivity contribution in [3.8, 4) is 0 Å². The van der Waals surface area contributed by atoms with Crippen LogP contribution in [0.2, 0.25) is 0 Å². The number of benzene rings is 1. The molecule has 1 fully saturated rings. The van der Waals surface area contributed by atoms with Gasteiger partial charge in [0.15, 0.2) is 0 Å². The van der Waals surface area contributed by atoms with Crippen molar-refractivity contribution in [2.75, 3.05) is 26.2 Å². The zero-order valence-corrected chi connectivity index (χ0v) is 13.5. The third-order valence-corrected chi connectivity index (χ3v) is 4.38. The van der Waals surface area contributed by atoms with Crippen LogP contribution in [0.15, 0.2) is 24.3 Å². The van der Waals surface area contributed by atoms with E-state index in [1.54, 1.807) is 6.92 Å². The first kappa shape index (κ1) is 17.8. The summed E-state index contributed by atoms with van der Waals surface area (Å²) >= 11 is 0. The van der Waals surface area contributed by atoms with Crippen LogP contribution in [0.1, 0.15) is 18.1 Å². The molecule has 1 amide bonds. The van der Waals surface area contributed by atoms with Gasteiger partial charge in [0, 0.05) is 12.5 Å². The molecule has 1 atom stereocenters. The fraction of sp³-hybridized carbons (Fsp3) is 0.588. The summed E-state index contributed by atoms with van der Waals surface area (Å²) in [5, 5.41) is 3.05. The lowest BCUT2D eigenvalue weighted by Crippen LogP contribution is -2.52. The van der Waals surface area contributed by atoms with E-state index in [9.17, 15) is 18.0 Å². The first-order chi connectivity index (χ1) is 10.8. The van der Waals surface area contributed by atoms with E-state index in [1.807, 2.05) is 31.2 Å². The summed E-state index contributed by atoms with van der Waals surface area (Å²) < 4.78 is 38.4. The molecule has 0 bridgehead atoms. The van der Waals surface area contributed by atoms with Gasteiger partial charge < -0.3 is 10.2 Å². The number of alkyl halides is 3. The Morgan fingerprint density at radius 2 is 1.91 bits per heavy atom. The van der Waals surface area contributed by atoms with Crippen molar-refractivity contribution in [2.45, 2.75) is 26.4 Å². The molecule has 0 spiro atoms. The maximum Gasteiger partial charge on any atom is 0.406 e. The highest BCUT2D eigenvalue weighted by Gasteiger charge is 2.37. The number of carbonyl (C=O) groups excluding carboxylic acids is 1. The molecule has 3 nitrogen and oxygen atoms in total. The number of amides is 1. The smallest absolute Gasteiger partial charge is 0.333 e. The lowest BCUT2D eigenvalue weighted by molar-refractivity contribution is -0.164. The number of aryl methyl sites for hydroxylation is 1. The maximum atomic E-state index is 12.8. The van der Waals surface area contributed by atoms with E-state index in [2.05, 4.69) is 5.32 Å². The van der Waals surface area contributed by atoms with Crippen molar-refractivity contribution >= 4 is 5.91 Å². The predicted molar refractivity (Wildman–Crippen MR) is 83.0 cm³/mol. The SMILES string of the molecule is Cc1ccc(CCN(CC(F)(F)F)C(=O)C(C)C2CNC2)cc1. The van der Waals surface area contributed by atoms with E-state index < -0.39 is 18.6 Å². The largest absolute Gasteiger partial charge is 0.406 e. The minimum atomic E-state index is -4.37. The Kier molecular flexibility index (Phi) is 5.68. The molecule has 128 valence electrons. The quantitative estimate of drug-likeness (QED) is 0.871. The molecular formula is C17H23F3N2O. The normalized spacial score (nSPS) is 16.7. The van der Waals surface area contributed by atoms with E-state index in [0.717, 1.165) is 16.0 Å². The van der Waals surface area contributed by atoms with Gasteiger partial charge in [-0.05, 0) is 37.9 Å². The third kappa shape index (κ3) is 5.23. The van der Waals surface area contributed by atoms with Crippen molar-refractivity contribution in [1.82, 2.24) is 10.2 Å². The zero-order valence-electron chi connectivity index (χ0n) is 13.5. The minimum Gasteiger partial charge on any atom is -0.333 e. The van der Waals surface area contributed by atoms with E-state index in [1.165, 1.54) is 0 Å². The first-order valence-electron chi connectivity index (χ1n) is 7.88. The Labute approximate surface area is 134 Å². The number of hydrogen-bond acceptors (Lipinski definition) is 2. The van der Waals surface area contributed by atoms with Crippen molar-refractivity contribution in [1.29, 1.82) is 0 Å². The Hall–Kier alpha value is -1.56. The van der Waals surface area contributed by atoms with Crippen LogP contribution in [0, 0.1) is 18.8 Å². The summed E-state index contributed by atoms with van der Waals surface area (Å²) in [6.07, 6.45) is -3.95. The van der Waals surface area contributed by atoms with Crippen LogP contribution < -0.4 is 5.32 Å². The van der Waals surface area contributed by atoms with Crippen molar-refractivity contribution < 1.29 is 18.0 Å². The fourth-order valence-corrected chi connectivity index (χ4v) is 2.66. The monoisotopic (exact) mass is 328 g/mol. The molecule has 1 aromatic carbocycles. The van der Waals surface area contributed by atoms with E-state index in [0.29, 0.717) is 19.5 Å². The summed E-state index contributed by atoms with van der Waals surface area (Å²) in [4.78, 5) is 13.4.